The molecule has 0 fully saturated rings. The third-order valence-corrected chi connectivity index (χ3v) is 3.54. The zero-order chi connectivity index (χ0) is 12.1. The summed E-state index contributed by atoms with van der Waals surface area (Å²) in [6.07, 6.45) is 4.25. The standard InChI is InChI=1S/C15H21NO/c1-2-16-11-14(17)10-13-8-5-7-12-6-3-4-9-15(12)13/h3-4,6,9,13,16H,2,5,7-8,10-11H2,1H3. The number of ketones is 1. The quantitative estimate of drug-likeness (QED) is 0.844. The van der Waals surface area contributed by atoms with Crippen molar-refractivity contribution in [1.29, 1.82) is 0 Å². The number of likely N-dealkylation sites (N-methyl/N-ethyl adjacent to an activating group) is 1. The summed E-state index contributed by atoms with van der Waals surface area (Å²) in [4.78, 5) is 11.8. The van der Waals surface area contributed by atoms with Gasteiger partial charge in [0, 0.05) is 6.42 Å². The number of nitrogens with one attached hydrogen (secondary N) is 1. The second kappa shape index (κ2) is 5.97. The van der Waals surface area contributed by atoms with E-state index in [1.807, 2.05) is 6.92 Å². The van der Waals surface area contributed by atoms with Crippen LogP contribution in [0.2, 0.25) is 0 Å². The molecule has 0 aromatic heterocycles. The molecule has 1 unspecified atom stereocenters. The lowest BCUT2D eigenvalue weighted by Crippen LogP contribution is -2.24. The number of benzene rings is 1. The molecule has 1 aliphatic carbocycles. The van der Waals surface area contributed by atoms with Crippen molar-refractivity contribution in [2.24, 2.45) is 0 Å². The van der Waals surface area contributed by atoms with Gasteiger partial charge in [-0.25, -0.2) is 0 Å². The Kier molecular flexibility index (Phi) is 4.32. The molecule has 2 rings (SSSR count). The average Bonchev–Trinajstić information content (AvgIpc) is 2.37. The first kappa shape index (κ1) is 12.3. The van der Waals surface area contributed by atoms with Gasteiger partial charge < -0.3 is 5.32 Å². The largest absolute Gasteiger partial charge is 0.310 e. The van der Waals surface area contributed by atoms with E-state index in [0.29, 0.717) is 24.7 Å². The summed E-state index contributed by atoms with van der Waals surface area (Å²) in [7, 11) is 0. The Labute approximate surface area is 103 Å². The lowest BCUT2D eigenvalue weighted by Gasteiger charge is -2.24. The predicted molar refractivity (Wildman–Crippen MR) is 70.3 cm³/mol. The number of aryl methyl sites for hydroxylation is 1. The highest BCUT2D eigenvalue weighted by atomic mass is 16.1. The van der Waals surface area contributed by atoms with Crippen molar-refractivity contribution in [2.75, 3.05) is 13.1 Å². The molecule has 0 heterocycles. The predicted octanol–water partition coefficient (Wildman–Crippen LogP) is 2.68. The van der Waals surface area contributed by atoms with Crippen LogP contribution in [-0.4, -0.2) is 18.9 Å². The second-order valence-electron chi connectivity index (χ2n) is 4.81. The van der Waals surface area contributed by atoms with E-state index < -0.39 is 0 Å². The molecule has 1 aromatic carbocycles. The lowest BCUT2D eigenvalue weighted by molar-refractivity contribution is -0.118. The van der Waals surface area contributed by atoms with Crippen LogP contribution in [-0.2, 0) is 11.2 Å². The summed E-state index contributed by atoms with van der Waals surface area (Å²) < 4.78 is 0. The molecule has 2 nitrogen and oxygen atoms in total. The Hall–Kier alpha value is -1.15. The minimum Gasteiger partial charge on any atom is -0.310 e. The first-order chi connectivity index (χ1) is 8.31. The fourth-order valence-corrected chi connectivity index (χ4v) is 2.68. The van der Waals surface area contributed by atoms with Crippen LogP contribution < -0.4 is 5.32 Å². The molecule has 0 aliphatic heterocycles. The molecule has 0 saturated heterocycles. The van der Waals surface area contributed by atoms with Gasteiger partial charge in [-0.3, -0.25) is 4.79 Å². The number of hydrogen-bond donors (Lipinski definition) is 1. The van der Waals surface area contributed by atoms with Crippen molar-refractivity contribution in [3.8, 4) is 0 Å². The molecule has 0 spiro atoms. The van der Waals surface area contributed by atoms with Crippen LogP contribution in [0.25, 0.3) is 0 Å². The fraction of sp³-hybridized carbons (Fsp3) is 0.533. The topological polar surface area (TPSA) is 29.1 Å². The SMILES string of the molecule is CCNCC(=O)CC1CCCc2ccccc21. The fourth-order valence-electron chi connectivity index (χ4n) is 2.68. The number of fused-ring (bicyclic) bond motifs is 1. The second-order valence-corrected chi connectivity index (χ2v) is 4.81. The number of carbonyl (C=O) groups excluding carboxylic acids is 1. The summed E-state index contributed by atoms with van der Waals surface area (Å²) in [6.45, 7) is 3.42. The first-order valence-corrected chi connectivity index (χ1v) is 6.61. The molecule has 1 aromatic rings. The van der Waals surface area contributed by atoms with Gasteiger partial charge in [-0.1, -0.05) is 31.2 Å². The van der Waals surface area contributed by atoms with Crippen molar-refractivity contribution in [3.05, 3.63) is 35.4 Å². The van der Waals surface area contributed by atoms with Crippen molar-refractivity contribution in [1.82, 2.24) is 5.32 Å². The van der Waals surface area contributed by atoms with Gasteiger partial charge in [0.2, 0.25) is 0 Å². The van der Waals surface area contributed by atoms with E-state index in [0.717, 1.165) is 13.0 Å². The van der Waals surface area contributed by atoms with Crippen molar-refractivity contribution >= 4 is 5.78 Å². The summed E-state index contributed by atoms with van der Waals surface area (Å²) in [6, 6.07) is 8.59. The van der Waals surface area contributed by atoms with Gasteiger partial charge in [-0.15, -0.1) is 0 Å². The number of hydrogen-bond acceptors (Lipinski definition) is 2. The van der Waals surface area contributed by atoms with Crippen LogP contribution in [0.5, 0.6) is 0 Å². The van der Waals surface area contributed by atoms with Crippen LogP contribution >= 0.6 is 0 Å². The highest BCUT2D eigenvalue weighted by molar-refractivity contribution is 5.81. The number of rotatable bonds is 5. The summed E-state index contributed by atoms with van der Waals surface area (Å²) in [5.41, 5.74) is 2.85. The Balaban J connectivity index is 2.01. The normalized spacial score (nSPS) is 18.8. The maximum absolute atomic E-state index is 11.8. The lowest BCUT2D eigenvalue weighted by atomic mass is 9.80. The summed E-state index contributed by atoms with van der Waals surface area (Å²) >= 11 is 0. The Morgan fingerprint density at radius 1 is 1.41 bits per heavy atom. The van der Waals surface area contributed by atoms with E-state index in [-0.39, 0.29) is 0 Å². The van der Waals surface area contributed by atoms with Gasteiger partial charge in [0.25, 0.3) is 0 Å². The maximum atomic E-state index is 11.8. The van der Waals surface area contributed by atoms with Crippen LogP contribution in [0.1, 0.15) is 43.2 Å². The van der Waals surface area contributed by atoms with Gasteiger partial charge in [0.05, 0.1) is 6.54 Å². The molecule has 0 radical (unpaired) electrons. The third kappa shape index (κ3) is 3.16. The molecule has 0 amide bonds. The maximum Gasteiger partial charge on any atom is 0.147 e. The highest BCUT2D eigenvalue weighted by Crippen LogP contribution is 2.33. The van der Waals surface area contributed by atoms with E-state index in [2.05, 4.69) is 29.6 Å². The third-order valence-electron chi connectivity index (χ3n) is 3.54. The smallest absolute Gasteiger partial charge is 0.147 e. The molecule has 0 saturated carbocycles. The van der Waals surface area contributed by atoms with E-state index >= 15 is 0 Å². The van der Waals surface area contributed by atoms with E-state index in [4.69, 9.17) is 0 Å². The van der Waals surface area contributed by atoms with Gasteiger partial charge in [-0.2, -0.15) is 0 Å². The van der Waals surface area contributed by atoms with E-state index in [9.17, 15) is 4.79 Å². The molecular formula is C15H21NO. The van der Waals surface area contributed by atoms with Crippen molar-refractivity contribution in [2.45, 2.75) is 38.5 Å². The average molecular weight is 231 g/mol. The first-order valence-electron chi connectivity index (χ1n) is 6.61. The zero-order valence-corrected chi connectivity index (χ0v) is 10.5. The van der Waals surface area contributed by atoms with Crippen molar-refractivity contribution < 1.29 is 4.79 Å². The zero-order valence-electron chi connectivity index (χ0n) is 10.5. The van der Waals surface area contributed by atoms with Gasteiger partial charge >= 0.3 is 0 Å². The highest BCUT2D eigenvalue weighted by Gasteiger charge is 2.21. The molecule has 1 aliphatic rings. The molecule has 2 heteroatoms. The van der Waals surface area contributed by atoms with Crippen LogP contribution in [0.15, 0.2) is 24.3 Å². The van der Waals surface area contributed by atoms with Crippen LogP contribution in [0.3, 0.4) is 0 Å². The minimum absolute atomic E-state index is 0.341. The molecule has 1 atom stereocenters. The minimum atomic E-state index is 0.341. The Bertz CT molecular complexity index is 386. The van der Waals surface area contributed by atoms with Crippen LogP contribution in [0.4, 0.5) is 0 Å². The van der Waals surface area contributed by atoms with E-state index in [1.165, 1.54) is 24.0 Å². The van der Waals surface area contributed by atoms with Crippen LogP contribution in [0, 0.1) is 0 Å². The van der Waals surface area contributed by atoms with Crippen molar-refractivity contribution in [3.63, 3.8) is 0 Å². The Morgan fingerprint density at radius 3 is 3.06 bits per heavy atom. The monoisotopic (exact) mass is 231 g/mol. The summed E-state index contributed by atoms with van der Waals surface area (Å²) in [5.74, 6) is 0.791. The van der Waals surface area contributed by atoms with Gasteiger partial charge in [-0.05, 0) is 42.9 Å². The van der Waals surface area contributed by atoms with Gasteiger partial charge in [0.15, 0.2) is 0 Å². The number of carbonyl (C=O) groups is 1. The molecular weight excluding hydrogens is 210 g/mol. The Morgan fingerprint density at radius 2 is 2.24 bits per heavy atom. The van der Waals surface area contributed by atoms with Gasteiger partial charge in [0.1, 0.15) is 5.78 Å². The summed E-state index contributed by atoms with van der Waals surface area (Å²) in [5, 5.41) is 3.11. The molecule has 92 valence electrons. The molecule has 0 bridgehead atoms. The molecule has 1 N–H and O–H groups in total. The van der Waals surface area contributed by atoms with E-state index in [1.54, 1.807) is 0 Å². The number of Topliss-reactive ketones (excluding diaryl/α,β-unsaturated/α-hetero) is 1. The molecule has 17 heavy (non-hydrogen) atoms.